The number of nitrogens with one attached hydrogen (secondary N) is 2. The average molecular weight is 349 g/mol. The Kier molecular flexibility index (Phi) is 5.70. The lowest BCUT2D eigenvalue weighted by Gasteiger charge is -2.27. The Hall–Kier alpha value is -1.26. The number of benzene rings is 1. The second-order valence-electron chi connectivity index (χ2n) is 4.83. The first-order valence-electron chi connectivity index (χ1n) is 6.77. The van der Waals surface area contributed by atoms with Crippen LogP contribution in [0.25, 0.3) is 0 Å². The van der Waals surface area contributed by atoms with E-state index in [0.717, 1.165) is 32.2 Å². The van der Waals surface area contributed by atoms with Crippen molar-refractivity contribution in [1.29, 1.82) is 0 Å². The van der Waals surface area contributed by atoms with Gasteiger partial charge in [-0.2, -0.15) is 0 Å². The molecular formula is C12H17ClN4O4S. The number of halogens is 1. The maximum absolute atomic E-state index is 12.3. The molecule has 1 aromatic rings. The molecule has 122 valence electrons. The first kappa shape index (κ1) is 17.1. The monoisotopic (exact) mass is 348 g/mol. The lowest BCUT2D eigenvalue weighted by Crippen LogP contribution is -2.46. The third kappa shape index (κ3) is 4.14. The van der Waals surface area contributed by atoms with Gasteiger partial charge in [0.15, 0.2) is 4.90 Å². The zero-order valence-electron chi connectivity index (χ0n) is 11.8. The van der Waals surface area contributed by atoms with Crippen LogP contribution in [0.15, 0.2) is 23.1 Å². The van der Waals surface area contributed by atoms with Crippen molar-refractivity contribution in [3.05, 3.63) is 33.3 Å². The summed E-state index contributed by atoms with van der Waals surface area (Å²) >= 11 is 5.84. The Labute approximate surface area is 133 Å². The van der Waals surface area contributed by atoms with E-state index in [2.05, 4.69) is 14.9 Å². The minimum Gasteiger partial charge on any atom is -0.314 e. The number of piperazine rings is 1. The van der Waals surface area contributed by atoms with Crippen molar-refractivity contribution in [1.82, 2.24) is 14.9 Å². The van der Waals surface area contributed by atoms with Crippen LogP contribution in [0.4, 0.5) is 5.69 Å². The number of rotatable bonds is 6. The first-order valence-corrected chi connectivity index (χ1v) is 8.63. The summed E-state index contributed by atoms with van der Waals surface area (Å²) in [7, 11) is -4.03. The Morgan fingerprint density at radius 2 is 2.05 bits per heavy atom. The summed E-state index contributed by atoms with van der Waals surface area (Å²) < 4.78 is 27.0. The van der Waals surface area contributed by atoms with Gasteiger partial charge in [0.2, 0.25) is 10.0 Å². The van der Waals surface area contributed by atoms with Gasteiger partial charge in [0, 0.05) is 45.3 Å². The molecule has 0 aromatic heterocycles. The zero-order valence-corrected chi connectivity index (χ0v) is 13.4. The largest absolute Gasteiger partial charge is 0.314 e. The van der Waals surface area contributed by atoms with Gasteiger partial charge in [0.25, 0.3) is 5.69 Å². The first-order chi connectivity index (χ1) is 10.4. The molecule has 0 bridgehead atoms. The molecule has 1 fully saturated rings. The van der Waals surface area contributed by atoms with Crippen LogP contribution in [0.5, 0.6) is 0 Å². The molecule has 1 saturated heterocycles. The minimum atomic E-state index is -4.03. The molecule has 2 N–H and O–H groups in total. The summed E-state index contributed by atoms with van der Waals surface area (Å²) in [5.41, 5.74) is -0.526. The molecular weight excluding hydrogens is 332 g/mol. The molecule has 0 unspecified atom stereocenters. The third-order valence-corrected chi connectivity index (χ3v) is 5.32. The van der Waals surface area contributed by atoms with Gasteiger partial charge >= 0.3 is 0 Å². The van der Waals surface area contributed by atoms with Gasteiger partial charge in [0.1, 0.15) is 0 Å². The molecule has 0 amide bonds. The molecule has 0 aliphatic carbocycles. The van der Waals surface area contributed by atoms with E-state index < -0.39 is 25.5 Å². The summed E-state index contributed by atoms with van der Waals surface area (Å²) in [6.45, 7) is 4.12. The number of nitrogens with zero attached hydrogens (tertiary/aromatic N) is 2. The minimum absolute atomic E-state index is 0.163. The smallest absolute Gasteiger partial charge is 0.290 e. The lowest BCUT2D eigenvalue weighted by atomic mass is 10.3. The highest BCUT2D eigenvalue weighted by molar-refractivity contribution is 7.89. The molecule has 0 saturated carbocycles. The quantitative estimate of drug-likeness (QED) is 0.570. The van der Waals surface area contributed by atoms with E-state index in [-0.39, 0.29) is 11.6 Å². The molecule has 1 aliphatic rings. The summed E-state index contributed by atoms with van der Waals surface area (Å²) in [6.07, 6.45) is 0. The number of nitro benzene ring substituents is 1. The molecule has 2 rings (SSSR count). The summed E-state index contributed by atoms with van der Waals surface area (Å²) in [6, 6.07) is 3.79. The zero-order chi connectivity index (χ0) is 16.2. The van der Waals surface area contributed by atoms with E-state index in [0.29, 0.717) is 6.54 Å². The molecule has 0 radical (unpaired) electrons. The SMILES string of the molecule is O=[N+]([O-])c1cccc(Cl)c1S(=O)(=O)NCCN1CCNCC1. The van der Waals surface area contributed by atoms with Gasteiger partial charge in [-0.25, -0.2) is 13.1 Å². The van der Waals surface area contributed by atoms with Gasteiger partial charge in [-0.05, 0) is 6.07 Å². The van der Waals surface area contributed by atoms with Crippen molar-refractivity contribution in [2.75, 3.05) is 39.3 Å². The van der Waals surface area contributed by atoms with E-state index in [1.165, 1.54) is 12.1 Å². The van der Waals surface area contributed by atoms with Crippen molar-refractivity contribution in [3.8, 4) is 0 Å². The summed E-state index contributed by atoms with van der Waals surface area (Å²) in [5, 5.41) is 14.0. The van der Waals surface area contributed by atoms with Gasteiger partial charge in [-0.15, -0.1) is 0 Å². The van der Waals surface area contributed by atoms with Crippen LogP contribution in [-0.2, 0) is 10.0 Å². The maximum atomic E-state index is 12.3. The standard InChI is InChI=1S/C12H17ClN4O4S/c13-10-2-1-3-11(17(18)19)12(10)22(20,21)15-6-9-16-7-4-14-5-8-16/h1-3,14-15H,4-9H2. The highest BCUT2D eigenvalue weighted by atomic mass is 35.5. The molecule has 0 spiro atoms. The topological polar surface area (TPSA) is 105 Å². The van der Waals surface area contributed by atoms with Crippen LogP contribution >= 0.6 is 11.6 Å². The van der Waals surface area contributed by atoms with Crippen LogP contribution in [0.1, 0.15) is 0 Å². The fourth-order valence-electron chi connectivity index (χ4n) is 2.25. The Morgan fingerprint density at radius 3 is 2.68 bits per heavy atom. The van der Waals surface area contributed by atoms with E-state index in [1.54, 1.807) is 0 Å². The summed E-state index contributed by atoms with van der Waals surface area (Å²) in [5.74, 6) is 0. The van der Waals surface area contributed by atoms with Gasteiger partial charge in [0.05, 0.1) is 9.95 Å². The normalized spacial score (nSPS) is 16.6. The van der Waals surface area contributed by atoms with E-state index in [4.69, 9.17) is 11.6 Å². The molecule has 1 aromatic carbocycles. The van der Waals surface area contributed by atoms with Crippen molar-refractivity contribution in [2.24, 2.45) is 0 Å². The number of sulfonamides is 1. The Balaban J connectivity index is 2.08. The molecule has 1 aliphatic heterocycles. The fraction of sp³-hybridized carbons (Fsp3) is 0.500. The van der Waals surface area contributed by atoms with E-state index in [9.17, 15) is 18.5 Å². The highest BCUT2D eigenvalue weighted by Crippen LogP contribution is 2.30. The number of nitro groups is 1. The van der Waals surface area contributed by atoms with Gasteiger partial charge in [-0.3, -0.25) is 15.0 Å². The van der Waals surface area contributed by atoms with Crippen molar-refractivity contribution in [3.63, 3.8) is 0 Å². The Bertz CT molecular complexity index is 647. The number of hydrogen-bond acceptors (Lipinski definition) is 6. The molecule has 0 atom stereocenters. The van der Waals surface area contributed by atoms with Crippen LogP contribution in [0.2, 0.25) is 5.02 Å². The van der Waals surface area contributed by atoms with Crippen molar-refractivity contribution < 1.29 is 13.3 Å². The van der Waals surface area contributed by atoms with Crippen LogP contribution < -0.4 is 10.0 Å². The predicted octanol–water partition coefficient (Wildman–Crippen LogP) is 0.432. The van der Waals surface area contributed by atoms with Gasteiger partial charge < -0.3 is 5.32 Å². The second-order valence-corrected chi connectivity index (χ2v) is 6.95. The second kappa shape index (κ2) is 7.34. The van der Waals surface area contributed by atoms with Crippen molar-refractivity contribution >= 4 is 27.3 Å². The summed E-state index contributed by atoms with van der Waals surface area (Å²) in [4.78, 5) is 11.9. The van der Waals surface area contributed by atoms with Crippen molar-refractivity contribution in [2.45, 2.75) is 4.90 Å². The maximum Gasteiger partial charge on any atom is 0.290 e. The highest BCUT2D eigenvalue weighted by Gasteiger charge is 2.28. The van der Waals surface area contributed by atoms with Crippen LogP contribution in [0.3, 0.4) is 0 Å². The lowest BCUT2D eigenvalue weighted by molar-refractivity contribution is -0.387. The Morgan fingerprint density at radius 1 is 1.36 bits per heavy atom. The number of hydrogen-bond donors (Lipinski definition) is 2. The van der Waals surface area contributed by atoms with Crippen LogP contribution in [-0.4, -0.2) is 57.5 Å². The molecule has 10 heteroatoms. The van der Waals surface area contributed by atoms with E-state index >= 15 is 0 Å². The average Bonchev–Trinajstić information content (AvgIpc) is 2.47. The van der Waals surface area contributed by atoms with E-state index in [1.807, 2.05) is 0 Å². The molecule has 1 heterocycles. The van der Waals surface area contributed by atoms with Crippen LogP contribution in [0, 0.1) is 10.1 Å². The molecule has 22 heavy (non-hydrogen) atoms. The molecule has 8 nitrogen and oxygen atoms in total. The fourth-order valence-corrected chi connectivity index (χ4v) is 3.97. The van der Waals surface area contributed by atoms with Gasteiger partial charge in [-0.1, -0.05) is 17.7 Å². The predicted molar refractivity (Wildman–Crippen MR) is 82.6 cm³/mol. The third-order valence-electron chi connectivity index (χ3n) is 3.34.